The van der Waals surface area contributed by atoms with Gasteiger partial charge in [0.15, 0.2) is 0 Å². The molecule has 0 saturated heterocycles. The van der Waals surface area contributed by atoms with E-state index in [9.17, 15) is 9.59 Å². The van der Waals surface area contributed by atoms with Gasteiger partial charge in [0.25, 0.3) is 0 Å². The first-order valence-corrected chi connectivity index (χ1v) is 4.80. The van der Waals surface area contributed by atoms with Crippen molar-refractivity contribution >= 4 is 11.8 Å². The van der Waals surface area contributed by atoms with Crippen molar-refractivity contribution in [3.63, 3.8) is 0 Å². The molecule has 0 fully saturated rings. The van der Waals surface area contributed by atoms with E-state index in [1.807, 2.05) is 13.8 Å². The molecule has 5 heteroatoms. The summed E-state index contributed by atoms with van der Waals surface area (Å²) in [6.45, 7) is 4.81. The highest BCUT2D eigenvalue weighted by molar-refractivity contribution is 5.84. The van der Waals surface area contributed by atoms with Crippen LogP contribution in [-0.4, -0.2) is 38.0 Å². The SMILES string of the molecule is CCNC(C)CC(=O)NCC(=O)NC. The number of rotatable bonds is 6. The third kappa shape index (κ3) is 6.42. The van der Waals surface area contributed by atoms with Gasteiger partial charge < -0.3 is 16.0 Å². The average Bonchev–Trinajstić information content (AvgIpc) is 2.14. The largest absolute Gasteiger partial charge is 0.358 e. The topological polar surface area (TPSA) is 70.2 Å². The van der Waals surface area contributed by atoms with Crippen LogP contribution < -0.4 is 16.0 Å². The van der Waals surface area contributed by atoms with Crippen LogP contribution in [0.2, 0.25) is 0 Å². The highest BCUT2D eigenvalue weighted by Crippen LogP contribution is 1.89. The predicted octanol–water partition coefficient (Wildman–Crippen LogP) is -0.763. The molecule has 0 aromatic rings. The third-order valence-corrected chi connectivity index (χ3v) is 1.77. The fourth-order valence-electron chi connectivity index (χ4n) is 1.04. The molecule has 0 heterocycles. The van der Waals surface area contributed by atoms with Gasteiger partial charge in [0, 0.05) is 19.5 Å². The Bertz CT molecular complexity index is 194. The van der Waals surface area contributed by atoms with Gasteiger partial charge in [-0.2, -0.15) is 0 Å². The summed E-state index contributed by atoms with van der Waals surface area (Å²) >= 11 is 0. The van der Waals surface area contributed by atoms with E-state index in [4.69, 9.17) is 0 Å². The Kier molecular flexibility index (Phi) is 6.74. The number of likely N-dealkylation sites (N-methyl/N-ethyl adjacent to an activating group) is 1. The Morgan fingerprint density at radius 3 is 2.43 bits per heavy atom. The second kappa shape index (κ2) is 7.32. The maximum absolute atomic E-state index is 11.2. The molecule has 0 aromatic heterocycles. The smallest absolute Gasteiger partial charge is 0.239 e. The Balaban J connectivity index is 3.59. The van der Waals surface area contributed by atoms with Gasteiger partial charge >= 0.3 is 0 Å². The molecule has 5 nitrogen and oxygen atoms in total. The Hall–Kier alpha value is -1.10. The molecule has 0 aliphatic heterocycles. The minimum atomic E-state index is -0.186. The van der Waals surface area contributed by atoms with Crippen LogP contribution in [-0.2, 0) is 9.59 Å². The van der Waals surface area contributed by atoms with Crippen LogP contribution in [0.1, 0.15) is 20.3 Å². The Morgan fingerprint density at radius 1 is 1.29 bits per heavy atom. The summed E-state index contributed by atoms with van der Waals surface area (Å²) in [5, 5.41) is 8.08. The molecule has 82 valence electrons. The van der Waals surface area contributed by atoms with Crippen molar-refractivity contribution < 1.29 is 9.59 Å². The van der Waals surface area contributed by atoms with Crippen LogP contribution >= 0.6 is 0 Å². The lowest BCUT2D eigenvalue weighted by molar-refractivity contribution is -0.126. The number of carbonyl (C=O) groups is 2. The first kappa shape index (κ1) is 12.9. The number of hydrogen-bond acceptors (Lipinski definition) is 3. The number of amides is 2. The van der Waals surface area contributed by atoms with Crippen molar-refractivity contribution in [2.45, 2.75) is 26.3 Å². The van der Waals surface area contributed by atoms with Crippen LogP contribution in [0.5, 0.6) is 0 Å². The number of hydrogen-bond donors (Lipinski definition) is 3. The van der Waals surface area contributed by atoms with Crippen molar-refractivity contribution in [3.05, 3.63) is 0 Å². The van der Waals surface area contributed by atoms with E-state index in [1.165, 1.54) is 7.05 Å². The average molecular weight is 201 g/mol. The van der Waals surface area contributed by atoms with Crippen LogP contribution in [0.3, 0.4) is 0 Å². The van der Waals surface area contributed by atoms with Gasteiger partial charge in [-0.1, -0.05) is 6.92 Å². The predicted molar refractivity (Wildman–Crippen MR) is 54.8 cm³/mol. The zero-order valence-electron chi connectivity index (χ0n) is 9.02. The van der Waals surface area contributed by atoms with Crippen LogP contribution in [0.15, 0.2) is 0 Å². The van der Waals surface area contributed by atoms with Crippen molar-refractivity contribution in [2.75, 3.05) is 20.1 Å². The zero-order valence-corrected chi connectivity index (χ0v) is 9.02. The van der Waals surface area contributed by atoms with E-state index >= 15 is 0 Å². The Labute approximate surface area is 84.6 Å². The fraction of sp³-hybridized carbons (Fsp3) is 0.778. The van der Waals surface area contributed by atoms with Gasteiger partial charge in [-0.15, -0.1) is 0 Å². The standard InChI is InChI=1S/C9H19N3O2/c1-4-11-7(2)5-8(13)12-6-9(14)10-3/h7,11H,4-6H2,1-3H3,(H,10,14)(H,12,13). The molecule has 0 radical (unpaired) electrons. The third-order valence-electron chi connectivity index (χ3n) is 1.77. The molecule has 0 aliphatic rings. The lowest BCUT2D eigenvalue weighted by Crippen LogP contribution is -2.38. The summed E-state index contributed by atoms with van der Waals surface area (Å²) in [5.74, 6) is -0.295. The van der Waals surface area contributed by atoms with Gasteiger partial charge in [-0.3, -0.25) is 9.59 Å². The molecule has 0 spiro atoms. The molecular formula is C9H19N3O2. The van der Waals surface area contributed by atoms with Crippen molar-refractivity contribution in [2.24, 2.45) is 0 Å². The molecule has 0 aromatic carbocycles. The molecule has 0 bridgehead atoms. The highest BCUT2D eigenvalue weighted by atomic mass is 16.2. The van der Waals surface area contributed by atoms with Gasteiger partial charge in [-0.05, 0) is 13.5 Å². The van der Waals surface area contributed by atoms with E-state index in [1.54, 1.807) is 0 Å². The van der Waals surface area contributed by atoms with Gasteiger partial charge in [0.1, 0.15) is 0 Å². The van der Waals surface area contributed by atoms with Crippen molar-refractivity contribution in [3.8, 4) is 0 Å². The molecule has 2 amide bonds. The summed E-state index contributed by atoms with van der Waals surface area (Å²) in [6.07, 6.45) is 0.394. The van der Waals surface area contributed by atoms with Crippen LogP contribution in [0, 0.1) is 0 Å². The fourth-order valence-corrected chi connectivity index (χ4v) is 1.04. The van der Waals surface area contributed by atoms with E-state index < -0.39 is 0 Å². The lowest BCUT2D eigenvalue weighted by atomic mass is 10.2. The normalized spacial score (nSPS) is 11.9. The number of carbonyl (C=O) groups excluding carboxylic acids is 2. The first-order valence-electron chi connectivity index (χ1n) is 4.80. The lowest BCUT2D eigenvalue weighted by Gasteiger charge is -2.11. The molecule has 0 rings (SSSR count). The van der Waals surface area contributed by atoms with Crippen molar-refractivity contribution in [1.82, 2.24) is 16.0 Å². The monoisotopic (exact) mass is 201 g/mol. The minimum Gasteiger partial charge on any atom is -0.358 e. The van der Waals surface area contributed by atoms with Gasteiger partial charge in [0.05, 0.1) is 6.54 Å². The maximum Gasteiger partial charge on any atom is 0.239 e. The minimum absolute atomic E-state index is 0.0498. The van der Waals surface area contributed by atoms with Crippen LogP contribution in [0.25, 0.3) is 0 Å². The summed E-state index contributed by atoms with van der Waals surface area (Å²) in [7, 11) is 1.54. The summed E-state index contributed by atoms with van der Waals surface area (Å²) < 4.78 is 0. The molecule has 3 N–H and O–H groups in total. The van der Waals surface area contributed by atoms with E-state index in [0.29, 0.717) is 6.42 Å². The second-order valence-corrected chi connectivity index (χ2v) is 3.11. The van der Waals surface area contributed by atoms with E-state index in [2.05, 4.69) is 16.0 Å². The quantitative estimate of drug-likeness (QED) is 0.529. The van der Waals surface area contributed by atoms with Crippen LogP contribution in [0.4, 0.5) is 0 Å². The summed E-state index contributed by atoms with van der Waals surface area (Å²) in [5.41, 5.74) is 0. The second-order valence-electron chi connectivity index (χ2n) is 3.11. The van der Waals surface area contributed by atoms with Crippen molar-refractivity contribution in [1.29, 1.82) is 0 Å². The van der Waals surface area contributed by atoms with E-state index in [0.717, 1.165) is 6.54 Å². The number of nitrogens with one attached hydrogen (secondary N) is 3. The maximum atomic E-state index is 11.2. The molecular weight excluding hydrogens is 182 g/mol. The highest BCUT2D eigenvalue weighted by Gasteiger charge is 2.08. The Morgan fingerprint density at radius 2 is 1.93 bits per heavy atom. The molecule has 0 aliphatic carbocycles. The summed E-state index contributed by atoms with van der Waals surface area (Å²) in [4.78, 5) is 22.0. The molecule has 14 heavy (non-hydrogen) atoms. The van der Waals surface area contributed by atoms with E-state index in [-0.39, 0.29) is 24.4 Å². The first-order chi connectivity index (χ1) is 6.60. The zero-order chi connectivity index (χ0) is 11.0. The van der Waals surface area contributed by atoms with Gasteiger partial charge in [-0.25, -0.2) is 0 Å². The van der Waals surface area contributed by atoms with Gasteiger partial charge in [0.2, 0.25) is 11.8 Å². The molecule has 1 atom stereocenters. The molecule has 1 unspecified atom stereocenters. The summed E-state index contributed by atoms with van der Waals surface area (Å²) in [6, 6.07) is 0.143. The molecule has 0 saturated carbocycles.